The molecule has 1 nitrogen and oxygen atoms in total. The van der Waals surface area contributed by atoms with Crippen molar-refractivity contribution in [2.75, 3.05) is 0 Å². The lowest BCUT2D eigenvalue weighted by Crippen LogP contribution is -2.35. The van der Waals surface area contributed by atoms with Crippen molar-refractivity contribution >= 4 is 0 Å². The van der Waals surface area contributed by atoms with Gasteiger partial charge in [0.05, 0.1) is 0 Å². The molecule has 3 rings (SSSR count). The molecule has 2 aromatic rings. The van der Waals surface area contributed by atoms with Gasteiger partial charge in [-0.3, -0.25) is 0 Å². The zero-order valence-corrected chi connectivity index (χ0v) is 12.3. The summed E-state index contributed by atoms with van der Waals surface area (Å²) in [5, 5.41) is 0. The first kappa shape index (κ1) is 13.9. The van der Waals surface area contributed by atoms with Crippen LogP contribution < -0.4 is 5.73 Å². The molecule has 0 fully saturated rings. The third-order valence-corrected chi connectivity index (χ3v) is 4.27. The van der Waals surface area contributed by atoms with Gasteiger partial charge in [-0.25, -0.2) is 0 Å². The molecule has 0 aromatic heterocycles. The maximum Gasteiger partial charge on any atom is 0.103 e. The highest BCUT2D eigenvalue weighted by Gasteiger charge is 2.26. The van der Waals surface area contributed by atoms with Crippen molar-refractivity contribution in [1.82, 2.24) is 0 Å². The molecule has 2 N–H and O–H groups in total. The minimum atomic E-state index is -0.505. The fourth-order valence-electron chi connectivity index (χ4n) is 2.99. The normalized spacial score (nSPS) is 25.3. The quantitative estimate of drug-likeness (QED) is 0.817. The summed E-state index contributed by atoms with van der Waals surface area (Å²) in [5.74, 6) is 7.15. The largest absolute Gasteiger partial charge is 0.311 e. The molecule has 2 atom stereocenters. The van der Waals surface area contributed by atoms with E-state index in [-0.39, 0.29) is 0 Å². The maximum atomic E-state index is 6.62. The Morgan fingerprint density at radius 2 is 1.57 bits per heavy atom. The number of hydrogen-bond donors (Lipinski definition) is 1. The number of benzene rings is 2. The lowest BCUT2D eigenvalue weighted by molar-refractivity contribution is 0.474. The summed E-state index contributed by atoms with van der Waals surface area (Å²) in [6.07, 6.45) is 4.37. The van der Waals surface area contributed by atoms with E-state index in [0.717, 1.165) is 24.8 Å². The van der Waals surface area contributed by atoms with Crippen LogP contribution in [0.15, 0.2) is 60.7 Å². The molecule has 0 saturated carbocycles. The summed E-state index contributed by atoms with van der Waals surface area (Å²) in [6.45, 7) is 0. The van der Waals surface area contributed by atoms with Gasteiger partial charge in [-0.15, -0.1) is 0 Å². The molecule has 0 heterocycles. The molecule has 1 aliphatic rings. The van der Waals surface area contributed by atoms with Crippen LogP contribution in [-0.4, -0.2) is 0 Å². The fraction of sp³-hybridized carbons (Fsp3) is 0.300. The van der Waals surface area contributed by atoms with E-state index in [0.29, 0.717) is 5.92 Å². The van der Waals surface area contributed by atoms with E-state index < -0.39 is 5.54 Å². The van der Waals surface area contributed by atoms with Crippen molar-refractivity contribution in [3.63, 3.8) is 0 Å². The molecular weight excluding hydrogens is 254 g/mol. The topological polar surface area (TPSA) is 26.0 Å². The average molecular weight is 275 g/mol. The van der Waals surface area contributed by atoms with Crippen LogP contribution in [0.3, 0.4) is 0 Å². The molecule has 2 unspecified atom stereocenters. The van der Waals surface area contributed by atoms with Gasteiger partial charge in [0.25, 0.3) is 0 Å². The first-order valence-corrected chi connectivity index (χ1v) is 7.70. The summed E-state index contributed by atoms with van der Waals surface area (Å²) in [6, 6.07) is 20.8. The highest BCUT2D eigenvalue weighted by molar-refractivity contribution is 5.37. The third-order valence-electron chi connectivity index (χ3n) is 4.27. The molecule has 2 aromatic carbocycles. The third kappa shape index (κ3) is 3.17. The molecule has 0 bridgehead atoms. The molecule has 0 aliphatic heterocycles. The van der Waals surface area contributed by atoms with Gasteiger partial charge < -0.3 is 5.73 Å². The van der Waals surface area contributed by atoms with E-state index in [9.17, 15) is 0 Å². The second kappa shape index (κ2) is 6.16. The average Bonchev–Trinajstić information content (AvgIpc) is 2.53. The van der Waals surface area contributed by atoms with Crippen LogP contribution in [0, 0.1) is 11.8 Å². The van der Waals surface area contributed by atoms with Crippen molar-refractivity contribution < 1.29 is 0 Å². The van der Waals surface area contributed by atoms with Gasteiger partial charge in [0.15, 0.2) is 0 Å². The smallest absolute Gasteiger partial charge is 0.103 e. The van der Waals surface area contributed by atoms with E-state index in [2.05, 4.69) is 54.3 Å². The van der Waals surface area contributed by atoms with E-state index in [1.54, 1.807) is 0 Å². The SMILES string of the molecule is NC1(c2ccccc2)C#CC(c2ccccc2)CCCC1. The summed E-state index contributed by atoms with van der Waals surface area (Å²) < 4.78 is 0. The van der Waals surface area contributed by atoms with E-state index >= 15 is 0 Å². The molecule has 0 amide bonds. The Morgan fingerprint density at radius 1 is 0.905 bits per heavy atom. The van der Waals surface area contributed by atoms with E-state index in [1.807, 2.05) is 18.2 Å². The van der Waals surface area contributed by atoms with Crippen LogP contribution in [0.4, 0.5) is 0 Å². The predicted molar refractivity (Wildman–Crippen MR) is 87.7 cm³/mol. The number of rotatable bonds is 2. The minimum absolute atomic E-state index is 0.304. The molecule has 0 spiro atoms. The first-order chi connectivity index (χ1) is 10.3. The molecule has 1 aliphatic carbocycles. The minimum Gasteiger partial charge on any atom is -0.311 e. The Balaban J connectivity index is 1.94. The van der Waals surface area contributed by atoms with Gasteiger partial charge in [0, 0.05) is 5.92 Å². The Bertz CT molecular complexity index is 636. The van der Waals surface area contributed by atoms with Crippen molar-refractivity contribution in [3.8, 4) is 11.8 Å². The molecule has 1 heteroatoms. The first-order valence-electron chi connectivity index (χ1n) is 7.70. The Kier molecular flexibility index (Phi) is 4.08. The molecule has 0 saturated heterocycles. The lowest BCUT2D eigenvalue weighted by atomic mass is 9.82. The van der Waals surface area contributed by atoms with Crippen LogP contribution in [0.2, 0.25) is 0 Å². The number of hydrogen-bond acceptors (Lipinski definition) is 1. The summed E-state index contributed by atoms with van der Waals surface area (Å²) in [4.78, 5) is 0. The molecular formula is C20H21N. The Morgan fingerprint density at radius 3 is 2.29 bits per heavy atom. The van der Waals surface area contributed by atoms with E-state index in [1.165, 1.54) is 12.0 Å². The second-order valence-corrected chi connectivity index (χ2v) is 5.82. The van der Waals surface area contributed by atoms with Crippen LogP contribution >= 0.6 is 0 Å². The predicted octanol–water partition coefficient (Wildman–Crippen LogP) is 4.20. The second-order valence-electron chi connectivity index (χ2n) is 5.82. The van der Waals surface area contributed by atoms with Gasteiger partial charge >= 0.3 is 0 Å². The highest BCUT2D eigenvalue weighted by atomic mass is 14.7. The van der Waals surface area contributed by atoms with Crippen molar-refractivity contribution in [3.05, 3.63) is 71.8 Å². The van der Waals surface area contributed by atoms with Crippen molar-refractivity contribution in [1.29, 1.82) is 0 Å². The monoisotopic (exact) mass is 275 g/mol. The lowest BCUT2D eigenvalue weighted by Gasteiger charge is -2.27. The summed E-state index contributed by atoms with van der Waals surface area (Å²) in [5.41, 5.74) is 8.55. The fourth-order valence-corrected chi connectivity index (χ4v) is 2.99. The standard InChI is InChI=1S/C20H21N/c21-20(19-12-5-2-6-13-19)15-8-7-11-18(14-16-20)17-9-3-1-4-10-17/h1-6,9-10,12-13,18H,7-8,11,15,21H2. The zero-order chi connectivity index (χ0) is 14.5. The summed E-state index contributed by atoms with van der Waals surface area (Å²) in [7, 11) is 0. The van der Waals surface area contributed by atoms with Crippen molar-refractivity contribution in [2.45, 2.75) is 37.1 Å². The van der Waals surface area contributed by atoms with Crippen LogP contribution in [0.25, 0.3) is 0 Å². The van der Waals surface area contributed by atoms with Gasteiger partial charge in [0.2, 0.25) is 0 Å². The molecule has 21 heavy (non-hydrogen) atoms. The molecule has 106 valence electrons. The highest BCUT2D eigenvalue weighted by Crippen LogP contribution is 2.30. The maximum absolute atomic E-state index is 6.62. The van der Waals surface area contributed by atoms with E-state index in [4.69, 9.17) is 5.73 Å². The Hall–Kier alpha value is -2.04. The van der Waals surface area contributed by atoms with Crippen molar-refractivity contribution in [2.24, 2.45) is 5.73 Å². The summed E-state index contributed by atoms with van der Waals surface area (Å²) >= 11 is 0. The van der Waals surface area contributed by atoms with Crippen LogP contribution in [0.5, 0.6) is 0 Å². The van der Waals surface area contributed by atoms with Gasteiger partial charge in [0.1, 0.15) is 5.54 Å². The Labute approximate surface area is 127 Å². The van der Waals surface area contributed by atoms with Gasteiger partial charge in [-0.1, -0.05) is 85.3 Å². The van der Waals surface area contributed by atoms with Crippen LogP contribution in [-0.2, 0) is 5.54 Å². The number of nitrogens with two attached hydrogens (primary N) is 1. The van der Waals surface area contributed by atoms with Gasteiger partial charge in [-0.2, -0.15) is 0 Å². The zero-order valence-electron chi connectivity index (χ0n) is 12.3. The molecule has 0 radical (unpaired) electrons. The van der Waals surface area contributed by atoms with Crippen LogP contribution in [0.1, 0.15) is 42.7 Å². The van der Waals surface area contributed by atoms with Gasteiger partial charge in [-0.05, 0) is 24.0 Å².